The number of phenols is 1. The summed E-state index contributed by atoms with van der Waals surface area (Å²) in [4.78, 5) is 14.7. The molecule has 8 nitrogen and oxygen atoms in total. The summed E-state index contributed by atoms with van der Waals surface area (Å²) in [5.74, 6) is 2.44. The lowest BCUT2D eigenvalue weighted by molar-refractivity contribution is -0.123. The summed E-state index contributed by atoms with van der Waals surface area (Å²) < 4.78 is 7.63. The molecular weight excluding hydrogens is 394 g/mol. The number of ether oxygens (including phenoxy) is 1. The highest BCUT2D eigenvalue weighted by Crippen LogP contribution is 2.18. The van der Waals surface area contributed by atoms with Gasteiger partial charge in [-0.15, -0.1) is 10.2 Å². The summed E-state index contributed by atoms with van der Waals surface area (Å²) >= 11 is 0. The maximum Gasteiger partial charge on any atom is 0.258 e. The van der Waals surface area contributed by atoms with Gasteiger partial charge in [-0.1, -0.05) is 30.3 Å². The molecule has 8 heteroatoms. The first-order chi connectivity index (χ1) is 15.1. The molecule has 0 unspecified atom stereocenters. The highest BCUT2D eigenvalue weighted by Gasteiger charge is 2.23. The van der Waals surface area contributed by atoms with E-state index in [-0.39, 0.29) is 24.3 Å². The molecule has 4 rings (SSSR count). The number of amides is 1. The van der Waals surface area contributed by atoms with Crippen molar-refractivity contribution in [2.75, 3.05) is 19.7 Å². The summed E-state index contributed by atoms with van der Waals surface area (Å²) in [5, 5.41) is 21.1. The minimum Gasteiger partial charge on any atom is -0.508 e. The van der Waals surface area contributed by atoms with Gasteiger partial charge in [0.15, 0.2) is 12.4 Å². The molecule has 2 heterocycles. The molecule has 0 radical (unpaired) electrons. The van der Waals surface area contributed by atoms with Crippen LogP contribution in [0.5, 0.6) is 11.5 Å². The normalized spacial score (nSPS) is 15.0. The molecule has 2 aromatic carbocycles. The molecule has 31 heavy (non-hydrogen) atoms. The van der Waals surface area contributed by atoms with Crippen LogP contribution in [0.2, 0.25) is 0 Å². The van der Waals surface area contributed by atoms with Crippen LogP contribution in [0.3, 0.4) is 0 Å². The summed E-state index contributed by atoms with van der Waals surface area (Å²) in [6.45, 7) is 5.18. The van der Waals surface area contributed by atoms with Crippen LogP contribution in [0, 0.1) is 0 Å². The van der Waals surface area contributed by atoms with Crippen LogP contribution in [-0.4, -0.2) is 50.4 Å². The monoisotopic (exact) mass is 421 g/mol. The van der Waals surface area contributed by atoms with Gasteiger partial charge >= 0.3 is 0 Å². The largest absolute Gasteiger partial charge is 0.508 e. The number of rotatable bonds is 7. The molecule has 2 N–H and O–H groups in total. The van der Waals surface area contributed by atoms with E-state index in [0.717, 1.165) is 49.8 Å². The summed E-state index contributed by atoms with van der Waals surface area (Å²) in [5.41, 5.74) is 1.16. The van der Waals surface area contributed by atoms with Gasteiger partial charge < -0.3 is 19.7 Å². The smallest absolute Gasteiger partial charge is 0.258 e. The van der Waals surface area contributed by atoms with Crippen LogP contribution >= 0.6 is 0 Å². The zero-order valence-electron chi connectivity index (χ0n) is 17.6. The number of aromatic nitrogens is 3. The highest BCUT2D eigenvalue weighted by atomic mass is 16.5. The fraction of sp³-hybridized carbons (Fsp3) is 0.348. The van der Waals surface area contributed by atoms with E-state index in [1.54, 1.807) is 12.1 Å². The Morgan fingerprint density at radius 3 is 2.65 bits per heavy atom. The Balaban J connectivity index is 1.33. The topological polar surface area (TPSA) is 92.5 Å². The van der Waals surface area contributed by atoms with Gasteiger partial charge in [0.1, 0.15) is 17.3 Å². The number of aromatic hydroxyl groups is 1. The molecule has 1 aliphatic rings. The number of fused-ring (bicyclic) bond motifs is 1. The fourth-order valence-corrected chi connectivity index (χ4v) is 3.74. The van der Waals surface area contributed by atoms with Gasteiger partial charge in [-0.05, 0) is 36.8 Å². The molecule has 1 aliphatic heterocycles. The number of para-hydroxylation sites is 1. The molecule has 1 atom stereocenters. The number of phenolic OH excluding ortho intramolecular Hbond substituents is 1. The fourth-order valence-electron chi connectivity index (χ4n) is 3.74. The Morgan fingerprint density at radius 2 is 1.87 bits per heavy atom. The van der Waals surface area contributed by atoms with E-state index in [1.165, 1.54) is 0 Å². The van der Waals surface area contributed by atoms with Crippen molar-refractivity contribution in [2.24, 2.45) is 0 Å². The number of nitrogens with one attached hydrogen (secondary N) is 1. The second-order valence-electron chi connectivity index (χ2n) is 7.71. The van der Waals surface area contributed by atoms with Crippen molar-refractivity contribution in [3.63, 3.8) is 0 Å². The lowest BCUT2D eigenvalue weighted by Gasteiger charge is -2.20. The first-order valence-corrected chi connectivity index (χ1v) is 10.5. The van der Waals surface area contributed by atoms with Crippen LogP contribution in [0.15, 0.2) is 54.6 Å². The minimum atomic E-state index is -0.267. The van der Waals surface area contributed by atoms with Crippen molar-refractivity contribution in [3.8, 4) is 11.5 Å². The molecule has 0 saturated carbocycles. The van der Waals surface area contributed by atoms with Crippen molar-refractivity contribution in [2.45, 2.75) is 32.5 Å². The summed E-state index contributed by atoms with van der Waals surface area (Å²) in [6, 6.07) is 16.3. The van der Waals surface area contributed by atoms with Crippen molar-refractivity contribution < 1.29 is 14.6 Å². The van der Waals surface area contributed by atoms with Crippen LogP contribution < -0.4 is 10.1 Å². The molecular formula is C23H27N5O3. The number of benzene rings is 2. The second kappa shape index (κ2) is 9.61. The Hall–Kier alpha value is -3.39. The van der Waals surface area contributed by atoms with Crippen LogP contribution in [0.4, 0.5) is 0 Å². The number of carbonyl (C=O) groups excluding carboxylic acids is 1. The maximum atomic E-state index is 12.3. The number of hydrogen-bond acceptors (Lipinski definition) is 6. The molecule has 0 bridgehead atoms. The molecule has 0 aliphatic carbocycles. The molecule has 0 fully saturated rings. The maximum absolute atomic E-state index is 12.3. The third-order valence-corrected chi connectivity index (χ3v) is 5.37. The summed E-state index contributed by atoms with van der Waals surface area (Å²) in [6.07, 6.45) is 0.795. The van der Waals surface area contributed by atoms with Gasteiger partial charge in [0.25, 0.3) is 5.91 Å². The van der Waals surface area contributed by atoms with Crippen molar-refractivity contribution in [1.82, 2.24) is 25.0 Å². The average molecular weight is 422 g/mol. The second-order valence-corrected chi connectivity index (χ2v) is 7.71. The zero-order chi connectivity index (χ0) is 21.6. The van der Waals surface area contributed by atoms with E-state index in [4.69, 9.17) is 4.74 Å². The number of hydrogen-bond donors (Lipinski definition) is 2. The van der Waals surface area contributed by atoms with Crippen molar-refractivity contribution in [3.05, 3.63) is 71.8 Å². The van der Waals surface area contributed by atoms with E-state index in [9.17, 15) is 9.90 Å². The van der Waals surface area contributed by atoms with E-state index in [0.29, 0.717) is 5.75 Å². The predicted molar refractivity (Wildman–Crippen MR) is 116 cm³/mol. The van der Waals surface area contributed by atoms with Crippen molar-refractivity contribution >= 4 is 5.91 Å². The SMILES string of the molecule is C[C@@H](NC(=O)COc1ccccc1)c1nnc2n1CCN(Cc1ccc(O)cc1)CC2. The van der Waals surface area contributed by atoms with Crippen LogP contribution in [0.1, 0.15) is 30.2 Å². The first kappa shape index (κ1) is 20.9. The molecule has 1 aromatic heterocycles. The highest BCUT2D eigenvalue weighted by molar-refractivity contribution is 5.77. The lowest BCUT2D eigenvalue weighted by Crippen LogP contribution is -2.33. The van der Waals surface area contributed by atoms with Crippen LogP contribution in [0.25, 0.3) is 0 Å². The van der Waals surface area contributed by atoms with Crippen molar-refractivity contribution in [1.29, 1.82) is 0 Å². The first-order valence-electron chi connectivity index (χ1n) is 10.5. The standard InChI is InChI=1S/C23H27N5O3/c1-17(24-22(30)16-31-20-5-3-2-4-6-20)23-26-25-21-11-12-27(13-14-28(21)23)15-18-7-9-19(29)10-8-18/h2-10,17,29H,11-16H2,1H3,(H,24,30)/t17-/m1/s1. The van der Waals surface area contributed by atoms with Gasteiger partial charge in [0, 0.05) is 32.6 Å². The van der Waals surface area contributed by atoms with Gasteiger partial charge in [0.05, 0.1) is 6.04 Å². The minimum absolute atomic E-state index is 0.0459. The van der Waals surface area contributed by atoms with Crippen LogP contribution in [-0.2, 0) is 24.3 Å². The molecule has 0 spiro atoms. The van der Waals surface area contributed by atoms with E-state index >= 15 is 0 Å². The Morgan fingerprint density at radius 1 is 1.10 bits per heavy atom. The van der Waals surface area contributed by atoms with Gasteiger partial charge in [-0.25, -0.2) is 0 Å². The Labute approximate surface area is 181 Å². The predicted octanol–water partition coefficient (Wildman–Crippen LogP) is 2.30. The van der Waals surface area contributed by atoms with Gasteiger partial charge in [0.2, 0.25) is 0 Å². The third kappa shape index (κ3) is 5.40. The molecule has 3 aromatic rings. The van der Waals surface area contributed by atoms with Gasteiger partial charge in [-0.3, -0.25) is 9.69 Å². The molecule has 0 saturated heterocycles. The number of carbonyl (C=O) groups is 1. The Bertz CT molecular complexity index is 1000. The zero-order valence-corrected chi connectivity index (χ0v) is 17.6. The third-order valence-electron chi connectivity index (χ3n) is 5.37. The summed E-state index contributed by atoms with van der Waals surface area (Å²) in [7, 11) is 0. The average Bonchev–Trinajstić information content (AvgIpc) is 3.09. The van der Waals surface area contributed by atoms with E-state index < -0.39 is 0 Å². The molecule has 1 amide bonds. The Kier molecular flexibility index (Phi) is 6.47. The van der Waals surface area contributed by atoms with Gasteiger partial charge in [-0.2, -0.15) is 0 Å². The van der Waals surface area contributed by atoms with E-state index in [1.807, 2.05) is 49.4 Å². The lowest BCUT2D eigenvalue weighted by atomic mass is 10.2. The number of nitrogens with zero attached hydrogens (tertiary/aromatic N) is 4. The quantitative estimate of drug-likeness (QED) is 0.608. The van der Waals surface area contributed by atoms with E-state index in [2.05, 4.69) is 25.0 Å². The molecule has 162 valence electrons.